The quantitative estimate of drug-likeness (QED) is 0.875. The van der Waals surface area contributed by atoms with Crippen LogP contribution in [0.5, 0.6) is 0 Å². The first-order valence-electron chi connectivity index (χ1n) is 9.58. The van der Waals surface area contributed by atoms with Crippen molar-refractivity contribution in [2.45, 2.75) is 45.3 Å². The molecule has 0 aromatic heterocycles. The van der Waals surface area contributed by atoms with Gasteiger partial charge in [-0.25, -0.2) is 0 Å². The number of carbonyl (C=O) groups excluding carboxylic acids is 1. The SMILES string of the molecule is CCC(CO)N1CCN(C(C)C(=O)N2CCc3ccccc3C2)CC1. The van der Waals surface area contributed by atoms with E-state index in [4.69, 9.17) is 0 Å². The van der Waals surface area contributed by atoms with Crippen molar-refractivity contribution in [3.05, 3.63) is 35.4 Å². The second-order valence-corrected chi connectivity index (χ2v) is 7.27. The predicted molar refractivity (Wildman–Crippen MR) is 99.3 cm³/mol. The smallest absolute Gasteiger partial charge is 0.239 e. The van der Waals surface area contributed by atoms with Crippen LogP contribution in [0.3, 0.4) is 0 Å². The molecule has 2 aliphatic rings. The molecular formula is C20H31N3O2. The number of hydrogen-bond donors (Lipinski definition) is 1. The summed E-state index contributed by atoms with van der Waals surface area (Å²) in [6, 6.07) is 8.63. The van der Waals surface area contributed by atoms with Crippen LogP contribution in [0.25, 0.3) is 0 Å². The molecule has 0 bridgehead atoms. The zero-order chi connectivity index (χ0) is 17.8. The molecule has 2 heterocycles. The van der Waals surface area contributed by atoms with Gasteiger partial charge < -0.3 is 10.0 Å². The number of aliphatic hydroxyl groups excluding tert-OH is 1. The van der Waals surface area contributed by atoms with Crippen LogP contribution in [0.1, 0.15) is 31.4 Å². The van der Waals surface area contributed by atoms with Crippen LogP contribution in [-0.2, 0) is 17.8 Å². The van der Waals surface area contributed by atoms with Crippen molar-refractivity contribution in [1.29, 1.82) is 0 Å². The van der Waals surface area contributed by atoms with E-state index in [0.29, 0.717) is 0 Å². The minimum absolute atomic E-state index is 0.0679. The van der Waals surface area contributed by atoms with Gasteiger partial charge in [-0.1, -0.05) is 31.2 Å². The summed E-state index contributed by atoms with van der Waals surface area (Å²) in [5.41, 5.74) is 2.66. The Labute approximate surface area is 151 Å². The highest BCUT2D eigenvalue weighted by Crippen LogP contribution is 2.20. The Balaban J connectivity index is 1.55. The molecule has 2 unspecified atom stereocenters. The van der Waals surface area contributed by atoms with Gasteiger partial charge in [0.25, 0.3) is 0 Å². The Hall–Kier alpha value is -1.43. The second-order valence-electron chi connectivity index (χ2n) is 7.27. The van der Waals surface area contributed by atoms with Gasteiger partial charge >= 0.3 is 0 Å². The van der Waals surface area contributed by atoms with Gasteiger partial charge in [-0.05, 0) is 30.9 Å². The molecule has 5 nitrogen and oxygen atoms in total. The molecule has 2 aliphatic heterocycles. The van der Waals surface area contributed by atoms with Crippen molar-refractivity contribution in [3.63, 3.8) is 0 Å². The fourth-order valence-electron chi connectivity index (χ4n) is 4.10. The van der Waals surface area contributed by atoms with Gasteiger partial charge in [-0.2, -0.15) is 0 Å². The average molecular weight is 345 g/mol. The lowest BCUT2D eigenvalue weighted by Crippen LogP contribution is -2.57. The monoisotopic (exact) mass is 345 g/mol. The number of hydrogen-bond acceptors (Lipinski definition) is 4. The number of carbonyl (C=O) groups is 1. The fourth-order valence-corrected chi connectivity index (χ4v) is 4.10. The number of benzene rings is 1. The van der Waals surface area contributed by atoms with E-state index >= 15 is 0 Å². The maximum atomic E-state index is 13.0. The molecule has 5 heteroatoms. The van der Waals surface area contributed by atoms with E-state index in [9.17, 15) is 9.90 Å². The molecule has 1 saturated heterocycles. The highest BCUT2D eigenvalue weighted by molar-refractivity contribution is 5.81. The van der Waals surface area contributed by atoms with E-state index in [2.05, 4.69) is 41.0 Å². The van der Waals surface area contributed by atoms with Crippen molar-refractivity contribution in [3.8, 4) is 0 Å². The number of aliphatic hydroxyl groups is 1. The lowest BCUT2D eigenvalue weighted by atomic mass is 9.99. The van der Waals surface area contributed by atoms with Crippen molar-refractivity contribution in [2.24, 2.45) is 0 Å². The summed E-state index contributed by atoms with van der Waals surface area (Å²) in [4.78, 5) is 19.6. The molecule has 0 spiro atoms. The summed E-state index contributed by atoms with van der Waals surface area (Å²) in [6.45, 7) is 9.60. The summed E-state index contributed by atoms with van der Waals surface area (Å²) in [6.07, 6.45) is 1.93. The van der Waals surface area contributed by atoms with E-state index in [1.165, 1.54) is 11.1 Å². The third-order valence-corrected chi connectivity index (χ3v) is 5.89. The average Bonchev–Trinajstić information content (AvgIpc) is 2.68. The van der Waals surface area contributed by atoms with Crippen molar-refractivity contribution >= 4 is 5.91 Å². The topological polar surface area (TPSA) is 47.0 Å². The van der Waals surface area contributed by atoms with Crippen LogP contribution in [0.15, 0.2) is 24.3 Å². The predicted octanol–water partition coefficient (Wildman–Crippen LogP) is 1.35. The highest BCUT2D eigenvalue weighted by atomic mass is 16.3. The number of amides is 1. The lowest BCUT2D eigenvalue weighted by molar-refractivity contribution is -0.138. The van der Waals surface area contributed by atoms with E-state index in [0.717, 1.165) is 52.1 Å². The lowest BCUT2D eigenvalue weighted by Gasteiger charge is -2.41. The highest BCUT2D eigenvalue weighted by Gasteiger charge is 2.31. The van der Waals surface area contributed by atoms with E-state index in [1.54, 1.807) is 0 Å². The first-order chi connectivity index (χ1) is 12.1. The molecule has 25 heavy (non-hydrogen) atoms. The largest absolute Gasteiger partial charge is 0.395 e. The molecule has 1 amide bonds. The van der Waals surface area contributed by atoms with Crippen LogP contribution in [0.2, 0.25) is 0 Å². The fraction of sp³-hybridized carbons (Fsp3) is 0.650. The summed E-state index contributed by atoms with van der Waals surface area (Å²) < 4.78 is 0. The Morgan fingerprint density at radius 1 is 1.08 bits per heavy atom. The molecule has 3 rings (SSSR count). The van der Waals surface area contributed by atoms with Crippen LogP contribution < -0.4 is 0 Å². The van der Waals surface area contributed by atoms with Gasteiger partial charge in [0, 0.05) is 45.3 Å². The third kappa shape index (κ3) is 4.05. The van der Waals surface area contributed by atoms with Crippen molar-refractivity contribution in [1.82, 2.24) is 14.7 Å². The Morgan fingerprint density at radius 3 is 2.36 bits per heavy atom. The van der Waals surface area contributed by atoms with Crippen molar-refractivity contribution in [2.75, 3.05) is 39.3 Å². The van der Waals surface area contributed by atoms with E-state index in [-0.39, 0.29) is 24.6 Å². The summed E-state index contributed by atoms with van der Waals surface area (Å²) >= 11 is 0. The van der Waals surface area contributed by atoms with Crippen molar-refractivity contribution < 1.29 is 9.90 Å². The molecule has 1 aromatic carbocycles. The summed E-state index contributed by atoms with van der Waals surface area (Å²) in [7, 11) is 0. The molecule has 138 valence electrons. The van der Waals surface area contributed by atoms with Crippen LogP contribution in [0, 0.1) is 0 Å². The maximum absolute atomic E-state index is 13.0. The van der Waals surface area contributed by atoms with Gasteiger partial charge in [0.15, 0.2) is 0 Å². The molecule has 0 aliphatic carbocycles. The Morgan fingerprint density at radius 2 is 1.72 bits per heavy atom. The van der Waals surface area contributed by atoms with Crippen LogP contribution >= 0.6 is 0 Å². The van der Waals surface area contributed by atoms with Gasteiger partial charge in [-0.15, -0.1) is 0 Å². The molecule has 0 saturated carbocycles. The first kappa shape index (κ1) is 18.4. The molecule has 1 fully saturated rings. The van der Waals surface area contributed by atoms with Gasteiger partial charge in [0.2, 0.25) is 5.91 Å². The van der Waals surface area contributed by atoms with Gasteiger partial charge in [0.1, 0.15) is 0 Å². The molecule has 2 atom stereocenters. The zero-order valence-corrected chi connectivity index (χ0v) is 15.5. The summed E-state index contributed by atoms with van der Waals surface area (Å²) in [5, 5.41) is 9.48. The van der Waals surface area contributed by atoms with Gasteiger partial charge in [0.05, 0.1) is 12.6 Å². The normalized spacial score (nSPS) is 21.6. The Bertz CT molecular complexity index is 580. The minimum atomic E-state index is -0.0679. The minimum Gasteiger partial charge on any atom is -0.395 e. The molecule has 1 N–H and O–H groups in total. The third-order valence-electron chi connectivity index (χ3n) is 5.89. The first-order valence-corrected chi connectivity index (χ1v) is 9.58. The standard InChI is InChI=1S/C20H31N3O2/c1-3-19(15-24)22-12-10-21(11-13-22)16(2)20(25)23-9-8-17-6-4-5-7-18(17)14-23/h4-7,16,19,24H,3,8-15H2,1-2H3. The van der Waals surface area contributed by atoms with E-state index in [1.807, 2.05) is 11.8 Å². The number of fused-ring (bicyclic) bond motifs is 1. The van der Waals surface area contributed by atoms with Crippen LogP contribution in [0.4, 0.5) is 0 Å². The summed E-state index contributed by atoms with van der Waals surface area (Å²) in [5.74, 6) is 0.247. The zero-order valence-electron chi connectivity index (χ0n) is 15.5. The number of piperazine rings is 1. The van der Waals surface area contributed by atoms with E-state index < -0.39 is 0 Å². The molecular weight excluding hydrogens is 314 g/mol. The van der Waals surface area contributed by atoms with Gasteiger partial charge in [-0.3, -0.25) is 14.6 Å². The number of nitrogens with zero attached hydrogens (tertiary/aromatic N) is 3. The van der Waals surface area contributed by atoms with Crippen LogP contribution in [-0.4, -0.2) is 77.1 Å². The molecule has 1 aromatic rings. The second kappa shape index (κ2) is 8.30. The number of rotatable bonds is 5. The Kier molecular flexibility index (Phi) is 6.10. The molecule has 0 radical (unpaired) electrons. The maximum Gasteiger partial charge on any atom is 0.239 e.